The van der Waals surface area contributed by atoms with Gasteiger partial charge in [-0.3, -0.25) is 9.59 Å². The van der Waals surface area contributed by atoms with E-state index in [2.05, 4.69) is 47.0 Å². The Labute approximate surface area is 244 Å². The minimum absolute atomic E-state index is 0.190. The van der Waals surface area contributed by atoms with Gasteiger partial charge in [-0.25, -0.2) is 0 Å². The minimum Gasteiger partial charge on any atom is -0.323 e. The molecule has 0 saturated heterocycles. The van der Waals surface area contributed by atoms with Crippen LogP contribution < -0.4 is 10.6 Å². The Kier molecular flexibility index (Phi) is 7.69. The molecule has 6 aromatic rings. The van der Waals surface area contributed by atoms with Crippen LogP contribution in [0.2, 0.25) is 0 Å². The maximum absolute atomic E-state index is 12.6. The van der Waals surface area contributed by atoms with Crippen LogP contribution >= 0.6 is 0 Å². The lowest BCUT2D eigenvalue weighted by atomic mass is 10.0. The topological polar surface area (TPSA) is 58.2 Å². The van der Waals surface area contributed by atoms with Crippen molar-refractivity contribution in [3.63, 3.8) is 0 Å². The van der Waals surface area contributed by atoms with E-state index in [0.717, 1.165) is 43.8 Å². The minimum atomic E-state index is -0.190. The Bertz CT molecular complexity index is 1800. The number of hydrogen-bond acceptors (Lipinski definition) is 2. The van der Waals surface area contributed by atoms with E-state index < -0.39 is 0 Å². The zero-order chi connectivity index (χ0) is 28.7. The smallest absolute Gasteiger partial charge is 0.248 e. The van der Waals surface area contributed by atoms with Crippen LogP contribution in [-0.2, 0) is 9.59 Å². The molecule has 2 N–H and O–H groups in total. The van der Waals surface area contributed by atoms with Gasteiger partial charge >= 0.3 is 0 Å². The highest BCUT2D eigenvalue weighted by Gasteiger charge is 2.04. The number of benzene rings is 6. The maximum Gasteiger partial charge on any atom is 0.248 e. The van der Waals surface area contributed by atoms with E-state index in [1.807, 2.05) is 109 Å². The summed E-state index contributed by atoms with van der Waals surface area (Å²) >= 11 is 0. The van der Waals surface area contributed by atoms with Crippen LogP contribution in [0.3, 0.4) is 0 Å². The molecule has 0 atom stereocenters. The van der Waals surface area contributed by atoms with Gasteiger partial charge in [0.1, 0.15) is 0 Å². The number of nitrogens with one attached hydrogen (secondary N) is 2. The molecule has 202 valence electrons. The fraction of sp³-hybridized carbons (Fsp3) is 0. The second-order valence-corrected chi connectivity index (χ2v) is 9.94. The summed E-state index contributed by atoms with van der Waals surface area (Å²) < 4.78 is 0. The predicted octanol–water partition coefficient (Wildman–Crippen LogP) is 8.96. The van der Waals surface area contributed by atoms with E-state index in [1.165, 1.54) is 0 Å². The molecule has 6 aromatic carbocycles. The first-order valence-corrected chi connectivity index (χ1v) is 13.8. The number of anilines is 2. The summed E-state index contributed by atoms with van der Waals surface area (Å²) in [5.74, 6) is -0.379. The SMILES string of the molecule is O=C(/C=C/c1cccc2ccccc12)Nc1ccc(-c2ccc(NC(=O)/C=C/c3cccc4ccccc34)cc2)cc1. The lowest BCUT2D eigenvalue weighted by molar-refractivity contribution is -0.112. The first-order chi connectivity index (χ1) is 20.6. The van der Waals surface area contributed by atoms with Gasteiger partial charge in [0.2, 0.25) is 11.8 Å². The number of rotatable bonds is 7. The molecule has 0 aromatic heterocycles. The molecule has 4 nitrogen and oxygen atoms in total. The van der Waals surface area contributed by atoms with E-state index in [0.29, 0.717) is 11.4 Å². The Morgan fingerprint density at radius 2 is 0.810 bits per heavy atom. The van der Waals surface area contributed by atoms with Crippen molar-refractivity contribution in [2.75, 3.05) is 10.6 Å². The second-order valence-electron chi connectivity index (χ2n) is 9.94. The molecule has 0 aliphatic carbocycles. The van der Waals surface area contributed by atoms with Crippen molar-refractivity contribution >= 4 is 56.9 Å². The maximum atomic E-state index is 12.6. The average molecular weight is 545 g/mol. The largest absolute Gasteiger partial charge is 0.323 e. The van der Waals surface area contributed by atoms with Crippen LogP contribution in [0.1, 0.15) is 11.1 Å². The van der Waals surface area contributed by atoms with Crippen molar-refractivity contribution in [2.24, 2.45) is 0 Å². The molecule has 2 amide bonds. The first-order valence-electron chi connectivity index (χ1n) is 13.8. The van der Waals surface area contributed by atoms with Gasteiger partial charge in [0.25, 0.3) is 0 Å². The van der Waals surface area contributed by atoms with Gasteiger partial charge in [0.15, 0.2) is 0 Å². The summed E-state index contributed by atoms with van der Waals surface area (Å²) in [4.78, 5) is 25.1. The zero-order valence-corrected chi connectivity index (χ0v) is 22.8. The monoisotopic (exact) mass is 544 g/mol. The molecule has 0 aliphatic heterocycles. The van der Waals surface area contributed by atoms with Crippen molar-refractivity contribution in [2.45, 2.75) is 0 Å². The van der Waals surface area contributed by atoms with Crippen molar-refractivity contribution in [3.05, 3.63) is 157 Å². The van der Waals surface area contributed by atoms with Gasteiger partial charge in [-0.15, -0.1) is 0 Å². The molecule has 0 aliphatic rings. The molecule has 0 unspecified atom stereocenters. The summed E-state index contributed by atoms with van der Waals surface area (Å²) in [5.41, 5.74) is 5.44. The van der Waals surface area contributed by atoms with Crippen molar-refractivity contribution in [1.29, 1.82) is 0 Å². The summed E-state index contributed by atoms with van der Waals surface area (Å²) in [6, 6.07) is 43.7. The molecule has 0 saturated carbocycles. The average Bonchev–Trinajstić information content (AvgIpc) is 3.03. The molecule has 42 heavy (non-hydrogen) atoms. The van der Waals surface area contributed by atoms with Gasteiger partial charge in [0.05, 0.1) is 0 Å². The number of fused-ring (bicyclic) bond motifs is 2. The highest BCUT2D eigenvalue weighted by molar-refractivity contribution is 6.04. The van der Waals surface area contributed by atoms with E-state index in [4.69, 9.17) is 0 Å². The van der Waals surface area contributed by atoms with Gasteiger partial charge in [-0.1, -0.05) is 109 Å². The zero-order valence-electron chi connectivity index (χ0n) is 22.8. The number of hydrogen-bond donors (Lipinski definition) is 2. The van der Waals surface area contributed by atoms with E-state index in [-0.39, 0.29) is 11.8 Å². The lowest BCUT2D eigenvalue weighted by Gasteiger charge is -2.07. The third-order valence-electron chi connectivity index (χ3n) is 7.11. The molecule has 0 bridgehead atoms. The third-order valence-corrected chi connectivity index (χ3v) is 7.11. The van der Waals surface area contributed by atoms with Crippen LogP contribution in [0.5, 0.6) is 0 Å². The fourth-order valence-corrected chi connectivity index (χ4v) is 4.98. The highest BCUT2D eigenvalue weighted by Crippen LogP contribution is 2.24. The first kappa shape index (κ1) is 26.5. The molecule has 4 heteroatoms. The standard InChI is InChI=1S/C38H28N2O2/c41-37(25-19-31-11-5-9-29-7-1-3-13-35(29)31)39-33-21-15-27(16-22-33)28-17-23-34(24-18-28)40-38(42)26-20-32-12-6-10-30-8-2-4-14-36(30)32/h1-26H,(H,39,41)(H,40,42)/b25-19+,26-20+. The van der Waals surface area contributed by atoms with Gasteiger partial charge in [0, 0.05) is 23.5 Å². The van der Waals surface area contributed by atoms with Crippen LogP contribution in [0.15, 0.2) is 146 Å². The van der Waals surface area contributed by atoms with Gasteiger partial charge in [-0.2, -0.15) is 0 Å². The van der Waals surface area contributed by atoms with Crippen molar-refractivity contribution in [1.82, 2.24) is 0 Å². The summed E-state index contributed by atoms with van der Waals surface area (Å²) in [5, 5.41) is 10.3. The number of carbonyl (C=O) groups excluding carboxylic acids is 2. The number of amides is 2. The summed E-state index contributed by atoms with van der Waals surface area (Å²) in [6.07, 6.45) is 6.79. The van der Waals surface area contributed by atoms with Crippen LogP contribution in [-0.4, -0.2) is 11.8 Å². The molecular weight excluding hydrogens is 516 g/mol. The van der Waals surface area contributed by atoms with Gasteiger partial charge < -0.3 is 10.6 Å². The van der Waals surface area contributed by atoms with E-state index in [1.54, 1.807) is 12.2 Å². The Morgan fingerprint density at radius 3 is 1.24 bits per heavy atom. The summed E-state index contributed by atoms with van der Waals surface area (Å²) in [7, 11) is 0. The normalized spacial score (nSPS) is 11.3. The lowest BCUT2D eigenvalue weighted by Crippen LogP contribution is -2.07. The quantitative estimate of drug-likeness (QED) is 0.197. The Balaban J connectivity index is 1.05. The fourth-order valence-electron chi connectivity index (χ4n) is 4.98. The van der Waals surface area contributed by atoms with Crippen LogP contribution in [0, 0.1) is 0 Å². The van der Waals surface area contributed by atoms with Crippen molar-refractivity contribution in [3.8, 4) is 11.1 Å². The van der Waals surface area contributed by atoms with Gasteiger partial charge in [-0.05, 0) is 80.2 Å². The molecule has 0 heterocycles. The second kappa shape index (κ2) is 12.2. The molecule has 0 radical (unpaired) electrons. The molecule has 0 fully saturated rings. The Morgan fingerprint density at radius 1 is 0.429 bits per heavy atom. The molecular formula is C38H28N2O2. The molecule has 0 spiro atoms. The summed E-state index contributed by atoms with van der Waals surface area (Å²) in [6.45, 7) is 0. The Hall–Kier alpha value is -5.74. The molecule has 6 rings (SSSR count). The van der Waals surface area contributed by atoms with Crippen LogP contribution in [0.25, 0.3) is 44.8 Å². The highest BCUT2D eigenvalue weighted by atomic mass is 16.2. The van der Waals surface area contributed by atoms with Crippen molar-refractivity contribution < 1.29 is 9.59 Å². The number of carbonyl (C=O) groups is 2. The van der Waals surface area contributed by atoms with Crippen LogP contribution in [0.4, 0.5) is 11.4 Å². The third kappa shape index (κ3) is 6.19. The van der Waals surface area contributed by atoms with E-state index >= 15 is 0 Å². The predicted molar refractivity (Wildman–Crippen MR) is 175 cm³/mol. The van der Waals surface area contributed by atoms with E-state index in [9.17, 15) is 9.59 Å².